The van der Waals surface area contributed by atoms with Crippen LogP contribution in [0.4, 0.5) is 4.79 Å². The number of amides is 2. The van der Waals surface area contributed by atoms with E-state index in [1.54, 1.807) is 0 Å². The lowest BCUT2D eigenvalue weighted by atomic mass is 9.98. The molecule has 182 valence electrons. The minimum absolute atomic E-state index is 0.109. The molecule has 4 rings (SSSR count). The molecule has 2 aromatic carbocycles. The third-order valence-corrected chi connectivity index (χ3v) is 7.06. The van der Waals surface area contributed by atoms with E-state index in [0.717, 1.165) is 22.3 Å². The Kier molecular flexibility index (Phi) is 7.06. The first kappa shape index (κ1) is 24.3. The normalized spacial score (nSPS) is 15.8. The summed E-state index contributed by atoms with van der Waals surface area (Å²) in [6, 6.07) is 17.2. The van der Waals surface area contributed by atoms with E-state index in [4.69, 9.17) is 10.00 Å². The van der Waals surface area contributed by atoms with Crippen LogP contribution in [0, 0.1) is 11.3 Å². The monoisotopic (exact) mass is 475 g/mol. The number of ether oxygens (including phenoxy) is 1. The highest BCUT2D eigenvalue weighted by atomic mass is 16.5. The summed E-state index contributed by atoms with van der Waals surface area (Å²) in [7, 11) is 1.46. The van der Waals surface area contributed by atoms with Crippen molar-refractivity contribution in [2.45, 2.75) is 56.0 Å². The van der Waals surface area contributed by atoms with Gasteiger partial charge in [0, 0.05) is 19.4 Å². The smallest absolute Gasteiger partial charge is 0.407 e. The zero-order valence-electron chi connectivity index (χ0n) is 19.7. The Labute approximate surface area is 204 Å². The van der Waals surface area contributed by atoms with Gasteiger partial charge in [0.15, 0.2) is 0 Å². The maximum atomic E-state index is 13.1. The van der Waals surface area contributed by atoms with E-state index in [1.807, 2.05) is 36.4 Å². The number of hydrogen-bond acceptors (Lipinski definition) is 5. The van der Waals surface area contributed by atoms with Crippen molar-refractivity contribution >= 4 is 18.0 Å². The Morgan fingerprint density at radius 1 is 1.11 bits per heavy atom. The van der Waals surface area contributed by atoms with Crippen molar-refractivity contribution in [1.29, 1.82) is 5.26 Å². The Hall–Kier alpha value is -3.86. The molecular formula is C27H29N3O5. The minimum Gasteiger partial charge on any atom is -0.479 e. The average molecular weight is 476 g/mol. The summed E-state index contributed by atoms with van der Waals surface area (Å²) in [5.74, 6) is -1.62. The second-order valence-electron chi connectivity index (χ2n) is 9.16. The fraction of sp³-hybridized carbons (Fsp3) is 0.407. The molecule has 35 heavy (non-hydrogen) atoms. The van der Waals surface area contributed by atoms with Gasteiger partial charge in [0.25, 0.3) is 0 Å². The van der Waals surface area contributed by atoms with Crippen LogP contribution in [0.3, 0.4) is 0 Å². The van der Waals surface area contributed by atoms with Crippen molar-refractivity contribution in [1.82, 2.24) is 10.2 Å². The van der Waals surface area contributed by atoms with Crippen LogP contribution in [0.1, 0.15) is 55.6 Å². The first-order chi connectivity index (χ1) is 16.9. The molecule has 1 atom stereocenters. The van der Waals surface area contributed by atoms with Crippen LogP contribution in [-0.2, 0) is 14.3 Å². The van der Waals surface area contributed by atoms with E-state index >= 15 is 0 Å². The third-order valence-electron chi connectivity index (χ3n) is 7.06. The summed E-state index contributed by atoms with van der Waals surface area (Å²) in [6.07, 6.45) is 1.82. The number of carboxylic acids is 1. The number of nitrogens with zero attached hydrogens (tertiary/aromatic N) is 2. The Bertz CT molecular complexity index is 1120. The van der Waals surface area contributed by atoms with Crippen molar-refractivity contribution in [2.24, 2.45) is 0 Å². The number of benzene rings is 2. The predicted octanol–water partition coefficient (Wildman–Crippen LogP) is 4.05. The molecule has 1 unspecified atom stereocenters. The molecule has 8 nitrogen and oxygen atoms in total. The van der Waals surface area contributed by atoms with Crippen LogP contribution in [0.15, 0.2) is 48.5 Å². The molecule has 0 heterocycles. The van der Waals surface area contributed by atoms with E-state index in [9.17, 15) is 19.5 Å². The van der Waals surface area contributed by atoms with Gasteiger partial charge in [-0.25, -0.2) is 9.59 Å². The van der Waals surface area contributed by atoms with Crippen molar-refractivity contribution < 1.29 is 24.2 Å². The third kappa shape index (κ3) is 4.85. The zero-order chi connectivity index (χ0) is 25.0. The summed E-state index contributed by atoms with van der Waals surface area (Å²) in [5.41, 5.74) is 3.20. The fourth-order valence-corrected chi connectivity index (χ4v) is 4.85. The number of aliphatic carboxylic acids is 1. The predicted molar refractivity (Wildman–Crippen MR) is 128 cm³/mol. The molecule has 1 saturated carbocycles. The number of nitriles is 1. The molecule has 0 saturated heterocycles. The molecule has 0 radical (unpaired) electrons. The summed E-state index contributed by atoms with van der Waals surface area (Å²) >= 11 is 0. The Morgan fingerprint density at radius 2 is 1.71 bits per heavy atom. The lowest BCUT2D eigenvalue weighted by Gasteiger charge is -2.29. The first-order valence-electron chi connectivity index (χ1n) is 11.9. The van der Waals surface area contributed by atoms with Crippen LogP contribution < -0.4 is 5.32 Å². The Morgan fingerprint density at radius 3 is 2.26 bits per heavy atom. The molecule has 2 N–H and O–H groups in total. The second kappa shape index (κ2) is 10.2. The minimum atomic E-state index is -1.20. The molecule has 8 heteroatoms. The SMILES string of the molecule is CN(C(=O)C(CCCCC#N)NC(=O)OCC1c2ccccc2-c2ccccc21)C1(C(=O)O)CC1. The number of likely N-dealkylation sites (N-methyl/N-ethyl adjacent to an activating group) is 1. The van der Waals surface area contributed by atoms with Gasteiger partial charge < -0.3 is 20.1 Å². The second-order valence-corrected chi connectivity index (χ2v) is 9.16. The van der Waals surface area contributed by atoms with Crippen LogP contribution >= 0.6 is 0 Å². The highest BCUT2D eigenvalue weighted by Crippen LogP contribution is 2.44. The maximum absolute atomic E-state index is 13.1. The number of nitrogens with one attached hydrogen (secondary N) is 1. The van der Waals surface area contributed by atoms with Gasteiger partial charge in [-0.05, 0) is 54.4 Å². The van der Waals surface area contributed by atoms with Crippen LogP contribution in [0.5, 0.6) is 0 Å². The van der Waals surface area contributed by atoms with E-state index < -0.39 is 29.6 Å². The summed E-state index contributed by atoms with van der Waals surface area (Å²) in [4.78, 5) is 38.8. The van der Waals surface area contributed by atoms with Crippen molar-refractivity contribution in [3.63, 3.8) is 0 Å². The lowest BCUT2D eigenvalue weighted by molar-refractivity contribution is -0.151. The molecule has 2 aromatic rings. The van der Waals surface area contributed by atoms with Gasteiger partial charge in [-0.15, -0.1) is 0 Å². The molecule has 1 fully saturated rings. The Balaban J connectivity index is 1.43. The molecular weight excluding hydrogens is 446 g/mol. The van der Waals surface area contributed by atoms with Crippen molar-refractivity contribution in [3.8, 4) is 17.2 Å². The number of hydrogen-bond donors (Lipinski definition) is 2. The van der Waals surface area contributed by atoms with E-state index in [1.165, 1.54) is 11.9 Å². The van der Waals surface area contributed by atoms with E-state index in [2.05, 4.69) is 23.5 Å². The standard InChI is InChI=1S/C27H29N3O5/c1-30(27(14-15-27)25(32)33)24(31)23(13-3-2-8-16-28)29-26(34)35-17-22-20-11-6-4-9-18(20)19-10-5-7-12-21(19)22/h4-7,9-12,22-23H,2-3,8,13-15,17H2,1H3,(H,29,34)(H,32,33). The molecule has 2 aliphatic rings. The van der Waals surface area contributed by atoms with Gasteiger partial charge in [0.05, 0.1) is 6.07 Å². The number of carboxylic acid groups (broad SMARTS) is 1. The number of fused-ring (bicyclic) bond motifs is 3. The number of carbonyl (C=O) groups excluding carboxylic acids is 2. The van der Waals surface area contributed by atoms with Gasteiger partial charge in [0.2, 0.25) is 5.91 Å². The van der Waals surface area contributed by atoms with E-state index in [-0.39, 0.29) is 12.5 Å². The van der Waals surface area contributed by atoms with Gasteiger partial charge in [-0.1, -0.05) is 48.5 Å². The van der Waals surface area contributed by atoms with E-state index in [0.29, 0.717) is 38.5 Å². The molecule has 2 aliphatic carbocycles. The highest BCUT2D eigenvalue weighted by molar-refractivity contribution is 5.93. The number of unbranched alkanes of at least 4 members (excludes halogenated alkanes) is 2. The molecule has 2 amide bonds. The zero-order valence-corrected chi connectivity index (χ0v) is 19.7. The molecule has 0 aliphatic heterocycles. The maximum Gasteiger partial charge on any atom is 0.407 e. The fourth-order valence-electron chi connectivity index (χ4n) is 4.85. The van der Waals surface area contributed by atoms with Crippen LogP contribution in [-0.4, -0.2) is 53.2 Å². The quantitative estimate of drug-likeness (QED) is 0.500. The molecule has 0 bridgehead atoms. The summed E-state index contributed by atoms with van der Waals surface area (Å²) in [6.45, 7) is 0.115. The largest absolute Gasteiger partial charge is 0.479 e. The van der Waals surface area contributed by atoms with Gasteiger partial charge >= 0.3 is 12.1 Å². The number of alkyl carbamates (subject to hydrolysis) is 1. The van der Waals surface area contributed by atoms with Gasteiger partial charge in [-0.2, -0.15) is 5.26 Å². The number of carbonyl (C=O) groups is 3. The molecule has 0 spiro atoms. The highest BCUT2D eigenvalue weighted by Gasteiger charge is 2.56. The first-order valence-corrected chi connectivity index (χ1v) is 11.9. The van der Waals surface area contributed by atoms with Gasteiger partial charge in [0.1, 0.15) is 18.2 Å². The summed E-state index contributed by atoms with van der Waals surface area (Å²) in [5, 5.41) is 21.0. The number of rotatable bonds is 10. The lowest BCUT2D eigenvalue weighted by Crippen LogP contribution is -2.53. The molecule has 0 aromatic heterocycles. The van der Waals surface area contributed by atoms with Crippen LogP contribution in [0.25, 0.3) is 11.1 Å². The van der Waals surface area contributed by atoms with Crippen molar-refractivity contribution in [2.75, 3.05) is 13.7 Å². The summed E-state index contributed by atoms with van der Waals surface area (Å²) < 4.78 is 5.59. The topological polar surface area (TPSA) is 120 Å². The van der Waals surface area contributed by atoms with Gasteiger partial charge in [-0.3, -0.25) is 4.79 Å². The van der Waals surface area contributed by atoms with Crippen LogP contribution in [0.2, 0.25) is 0 Å². The average Bonchev–Trinajstić information content (AvgIpc) is 3.62. The van der Waals surface area contributed by atoms with Crippen molar-refractivity contribution in [3.05, 3.63) is 59.7 Å².